The van der Waals surface area contributed by atoms with Gasteiger partial charge in [0.2, 0.25) is 5.88 Å². The van der Waals surface area contributed by atoms with Crippen molar-refractivity contribution >= 4 is 5.91 Å². The molecule has 1 aromatic carbocycles. The first kappa shape index (κ1) is 20.6. The van der Waals surface area contributed by atoms with Gasteiger partial charge < -0.3 is 9.64 Å². The van der Waals surface area contributed by atoms with E-state index in [-0.39, 0.29) is 23.4 Å². The molecule has 1 fully saturated rings. The number of hydrogen-bond donors (Lipinski definition) is 0. The normalized spacial score (nSPS) is 16.1. The third kappa shape index (κ3) is 5.45. The Bertz CT molecular complexity index is 858. The van der Waals surface area contributed by atoms with Crippen LogP contribution in [0.2, 0.25) is 0 Å². The van der Waals surface area contributed by atoms with Crippen molar-refractivity contribution in [2.45, 2.75) is 12.2 Å². The molecule has 3 rings (SSSR count). The van der Waals surface area contributed by atoms with E-state index >= 15 is 0 Å². The fraction of sp³-hybridized carbons (Fsp3) is 0.350. The maximum atomic E-state index is 12.6. The second kappa shape index (κ2) is 8.92. The van der Waals surface area contributed by atoms with Crippen molar-refractivity contribution in [2.75, 3.05) is 32.8 Å². The average Bonchev–Trinajstić information content (AvgIpc) is 2.73. The molecule has 0 bridgehead atoms. The number of piperazine rings is 1. The molecule has 1 atom stereocenters. The highest BCUT2D eigenvalue weighted by Gasteiger charge is 2.29. The van der Waals surface area contributed by atoms with Gasteiger partial charge in [-0.15, -0.1) is 0 Å². The predicted octanol–water partition coefficient (Wildman–Crippen LogP) is 3.05. The molecule has 0 radical (unpaired) electrons. The Hall–Kier alpha value is -3.12. The molecule has 1 aliphatic rings. The van der Waals surface area contributed by atoms with E-state index in [4.69, 9.17) is 0 Å². The molecule has 1 aromatic heterocycles. The minimum atomic E-state index is -4.45. The number of alkyl halides is 3. The van der Waals surface area contributed by atoms with Crippen molar-refractivity contribution in [3.63, 3.8) is 0 Å². The number of amides is 1. The maximum Gasteiger partial charge on any atom is 0.422 e. The SMILES string of the molecule is N#CC(c1ccccc1)N1CCN(C(=O)c2ccc(OCC(F)(F)F)nc2)CC1. The lowest BCUT2D eigenvalue weighted by Gasteiger charge is -2.37. The van der Waals surface area contributed by atoms with E-state index in [0.717, 1.165) is 5.56 Å². The topological polar surface area (TPSA) is 69.5 Å². The van der Waals surface area contributed by atoms with Crippen LogP contribution in [0.5, 0.6) is 5.88 Å². The molecule has 152 valence electrons. The summed E-state index contributed by atoms with van der Waals surface area (Å²) in [5.41, 5.74) is 1.19. The minimum Gasteiger partial charge on any atom is -0.468 e. The highest BCUT2D eigenvalue weighted by molar-refractivity contribution is 5.94. The highest BCUT2D eigenvalue weighted by Crippen LogP contribution is 2.22. The molecule has 29 heavy (non-hydrogen) atoms. The maximum absolute atomic E-state index is 12.6. The van der Waals surface area contributed by atoms with Crippen LogP contribution in [0.15, 0.2) is 48.7 Å². The summed E-state index contributed by atoms with van der Waals surface area (Å²) in [5, 5.41) is 9.54. The predicted molar refractivity (Wildman–Crippen MR) is 98.1 cm³/mol. The average molecular weight is 404 g/mol. The summed E-state index contributed by atoms with van der Waals surface area (Å²) in [6, 6.07) is 14.0. The molecule has 2 aromatic rings. The summed E-state index contributed by atoms with van der Waals surface area (Å²) in [6.45, 7) is 0.529. The van der Waals surface area contributed by atoms with Gasteiger partial charge in [-0.05, 0) is 11.6 Å². The summed E-state index contributed by atoms with van der Waals surface area (Å²) >= 11 is 0. The molecule has 1 saturated heterocycles. The van der Waals surface area contributed by atoms with E-state index in [2.05, 4.69) is 15.8 Å². The highest BCUT2D eigenvalue weighted by atomic mass is 19.4. The number of hydrogen-bond acceptors (Lipinski definition) is 5. The fourth-order valence-electron chi connectivity index (χ4n) is 3.12. The molecule has 0 saturated carbocycles. The first-order valence-electron chi connectivity index (χ1n) is 9.01. The van der Waals surface area contributed by atoms with Gasteiger partial charge in [-0.1, -0.05) is 30.3 Å². The standard InChI is InChI=1S/C20H19F3N4O2/c21-20(22,23)14-29-18-7-6-16(13-25-18)19(28)27-10-8-26(9-11-27)17(12-24)15-4-2-1-3-5-15/h1-7,13,17H,8-11,14H2. The Labute approximate surface area is 166 Å². The largest absolute Gasteiger partial charge is 0.468 e. The summed E-state index contributed by atoms with van der Waals surface area (Å²) < 4.78 is 41.1. The lowest BCUT2D eigenvalue weighted by molar-refractivity contribution is -0.154. The van der Waals surface area contributed by atoms with Gasteiger partial charge in [0.1, 0.15) is 6.04 Å². The van der Waals surface area contributed by atoms with Crippen LogP contribution in [0.3, 0.4) is 0 Å². The van der Waals surface area contributed by atoms with Crippen LogP contribution in [0.1, 0.15) is 22.0 Å². The van der Waals surface area contributed by atoms with E-state index < -0.39 is 12.8 Å². The molecular weight excluding hydrogens is 385 g/mol. The van der Waals surface area contributed by atoms with Gasteiger partial charge in [-0.25, -0.2) is 4.98 Å². The molecule has 2 heterocycles. The fourth-order valence-corrected chi connectivity index (χ4v) is 3.12. The third-order valence-electron chi connectivity index (χ3n) is 4.57. The van der Waals surface area contributed by atoms with Gasteiger partial charge in [0.05, 0.1) is 11.6 Å². The van der Waals surface area contributed by atoms with E-state index in [9.17, 15) is 23.2 Å². The molecular formula is C20H19F3N4O2. The number of ether oxygens (including phenoxy) is 1. The van der Waals surface area contributed by atoms with Crippen molar-refractivity contribution in [1.82, 2.24) is 14.8 Å². The zero-order valence-corrected chi connectivity index (χ0v) is 15.5. The number of nitriles is 1. The summed E-state index contributed by atoms with van der Waals surface area (Å²) in [5.74, 6) is -0.448. The number of benzene rings is 1. The number of nitrogens with zero attached hydrogens (tertiary/aromatic N) is 4. The summed E-state index contributed by atoms with van der Waals surface area (Å²) in [4.78, 5) is 20.1. The van der Waals surface area contributed by atoms with Crippen molar-refractivity contribution in [3.05, 3.63) is 59.8 Å². The van der Waals surface area contributed by atoms with Gasteiger partial charge >= 0.3 is 6.18 Å². The third-order valence-corrected chi connectivity index (χ3v) is 4.57. The van der Waals surface area contributed by atoms with Crippen molar-refractivity contribution in [3.8, 4) is 11.9 Å². The summed E-state index contributed by atoms with van der Waals surface area (Å²) in [7, 11) is 0. The van der Waals surface area contributed by atoms with E-state index in [1.165, 1.54) is 18.3 Å². The first-order chi connectivity index (χ1) is 13.9. The molecule has 1 unspecified atom stereocenters. The molecule has 1 amide bonds. The van der Waals surface area contributed by atoms with Crippen LogP contribution in [0, 0.1) is 11.3 Å². The Kier molecular flexibility index (Phi) is 6.34. The zero-order valence-electron chi connectivity index (χ0n) is 15.5. The molecule has 0 aliphatic carbocycles. The monoisotopic (exact) mass is 404 g/mol. The number of pyridine rings is 1. The van der Waals surface area contributed by atoms with Gasteiger partial charge in [-0.2, -0.15) is 18.4 Å². The number of rotatable bonds is 5. The van der Waals surface area contributed by atoms with Crippen LogP contribution in [0.4, 0.5) is 13.2 Å². The van der Waals surface area contributed by atoms with E-state index in [0.29, 0.717) is 26.2 Å². The zero-order chi connectivity index (χ0) is 20.9. The molecule has 6 nitrogen and oxygen atoms in total. The quantitative estimate of drug-likeness (QED) is 0.766. The van der Waals surface area contributed by atoms with E-state index in [1.54, 1.807) is 4.90 Å². The smallest absolute Gasteiger partial charge is 0.422 e. The van der Waals surface area contributed by atoms with Gasteiger partial charge in [0, 0.05) is 38.4 Å². The Morgan fingerprint density at radius 3 is 2.38 bits per heavy atom. The van der Waals surface area contributed by atoms with Crippen LogP contribution >= 0.6 is 0 Å². The second-order valence-electron chi connectivity index (χ2n) is 6.56. The summed E-state index contributed by atoms with van der Waals surface area (Å²) in [6.07, 6.45) is -3.24. The Balaban J connectivity index is 1.56. The molecule has 0 N–H and O–H groups in total. The van der Waals surface area contributed by atoms with Crippen LogP contribution < -0.4 is 4.74 Å². The second-order valence-corrected chi connectivity index (χ2v) is 6.56. The molecule has 1 aliphatic heterocycles. The molecule has 0 spiro atoms. The van der Waals surface area contributed by atoms with Crippen molar-refractivity contribution < 1.29 is 22.7 Å². The number of carbonyl (C=O) groups is 1. The minimum absolute atomic E-state index is 0.191. The van der Waals surface area contributed by atoms with Crippen LogP contribution in [-0.4, -0.2) is 59.7 Å². The first-order valence-corrected chi connectivity index (χ1v) is 9.01. The van der Waals surface area contributed by atoms with Gasteiger partial charge in [0.15, 0.2) is 6.61 Å². The van der Waals surface area contributed by atoms with Crippen molar-refractivity contribution in [1.29, 1.82) is 5.26 Å². The van der Waals surface area contributed by atoms with E-state index in [1.807, 2.05) is 35.2 Å². The Morgan fingerprint density at radius 1 is 1.14 bits per heavy atom. The lowest BCUT2D eigenvalue weighted by atomic mass is 10.1. The molecule has 9 heteroatoms. The van der Waals surface area contributed by atoms with Gasteiger partial charge in [-0.3, -0.25) is 9.69 Å². The van der Waals surface area contributed by atoms with Crippen LogP contribution in [0.25, 0.3) is 0 Å². The number of aromatic nitrogens is 1. The Morgan fingerprint density at radius 2 is 1.83 bits per heavy atom. The van der Waals surface area contributed by atoms with Crippen molar-refractivity contribution in [2.24, 2.45) is 0 Å². The number of carbonyl (C=O) groups excluding carboxylic acids is 1. The number of halogens is 3. The van der Waals surface area contributed by atoms with Crippen LogP contribution in [-0.2, 0) is 0 Å². The van der Waals surface area contributed by atoms with Gasteiger partial charge in [0.25, 0.3) is 5.91 Å². The lowest BCUT2D eigenvalue weighted by Crippen LogP contribution is -2.49.